The molecule has 0 saturated heterocycles. The number of carbonyl (C=O) groups is 1. The van der Waals surface area contributed by atoms with Gasteiger partial charge in [0.15, 0.2) is 5.11 Å². The predicted octanol–water partition coefficient (Wildman–Crippen LogP) is 3.05. The minimum atomic E-state index is -0.644. The number of hydrogen-bond donors (Lipinski definition) is 2. The van der Waals surface area contributed by atoms with Crippen LogP contribution in [0.3, 0.4) is 0 Å². The van der Waals surface area contributed by atoms with E-state index in [1.165, 1.54) is 18.2 Å². The normalized spacial score (nSPS) is 9.96. The molecule has 118 valence electrons. The van der Waals surface area contributed by atoms with Crippen molar-refractivity contribution in [2.45, 2.75) is 6.54 Å². The largest absolute Gasteiger partial charge is 0.358 e. The molecule has 0 fully saturated rings. The minimum absolute atomic E-state index is 0.0561. The molecule has 1 amide bonds. The molecule has 0 radical (unpaired) electrons. The third-order valence-corrected chi connectivity index (χ3v) is 3.58. The van der Waals surface area contributed by atoms with Gasteiger partial charge in [0, 0.05) is 17.6 Å². The second-order valence-corrected chi connectivity index (χ2v) is 5.32. The van der Waals surface area contributed by atoms with E-state index in [4.69, 9.17) is 23.8 Å². The third kappa shape index (κ3) is 4.48. The summed E-state index contributed by atoms with van der Waals surface area (Å²) < 4.78 is 0. The van der Waals surface area contributed by atoms with Gasteiger partial charge >= 0.3 is 0 Å². The molecule has 0 heterocycles. The van der Waals surface area contributed by atoms with Crippen LogP contribution in [0.15, 0.2) is 48.5 Å². The molecule has 0 bridgehead atoms. The smallest absolute Gasteiger partial charge is 0.282 e. The first-order chi connectivity index (χ1) is 11.0. The Morgan fingerprint density at radius 3 is 2.52 bits per heavy atom. The molecule has 2 rings (SSSR count). The molecule has 0 saturated carbocycles. The molecule has 0 spiro atoms. The molecule has 0 aliphatic heterocycles. The Bertz CT molecular complexity index is 767. The molecule has 23 heavy (non-hydrogen) atoms. The van der Waals surface area contributed by atoms with E-state index in [-0.39, 0.29) is 16.4 Å². The maximum absolute atomic E-state index is 12.1. The highest BCUT2D eigenvalue weighted by molar-refractivity contribution is 7.80. The van der Waals surface area contributed by atoms with E-state index in [2.05, 4.69) is 10.6 Å². The van der Waals surface area contributed by atoms with Crippen LogP contribution in [0, 0.1) is 10.1 Å². The van der Waals surface area contributed by atoms with E-state index in [1.54, 1.807) is 18.2 Å². The number of nitrogens with one attached hydrogen (secondary N) is 2. The topological polar surface area (TPSA) is 84.3 Å². The Labute approximate surface area is 142 Å². The number of benzene rings is 2. The summed E-state index contributed by atoms with van der Waals surface area (Å²) in [6.07, 6.45) is 0. The van der Waals surface area contributed by atoms with Crippen LogP contribution in [0.5, 0.6) is 0 Å². The van der Waals surface area contributed by atoms with Gasteiger partial charge in [-0.1, -0.05) is 41.9 Å². The average Bonchev–Trinajstić information content (AvgIpc) is 2.54. The van der Waals surface area contributed by atoms with Gasteiger partial charge in [-0.15, -0.1) is 0 Å². The highest BCUT2D eigenvalue weighted by Crippen LogP contribution is 2.17. The lowest BCUT2D eigenvalue weighted by Crippen LogP contribution is -2.39. The first-order valence-electron chi connectivity index (χ1n) is 6.55. The van der Waals surface area contributed by atoms with Crippen LogP contribution in [0.25, 0.3) is 0 Å². The number of nitro groups is 1. The zero-order valence-electron chi connectivity index (χ0n) is 11.8. The summed E-state index contributed by atoms with van der Waals surface area (Å²) in [5, 5.41) is 16.8. The monoisotopic (exact) mass is 349 g/mol. The van der Waals surface area contributed by atoms with E-state index >= 15 is 0 Å². The predicted molar refractivity (Wildman–Crippen MR) is 91.5 cm³/mol. The lowest BCUT2D eigenvalue weighted by atomic mass is 10.1. The summed E-state index contributed by atoms with van der Waals surface area (Å²) in [5.41, 5.74) is 0.481. The second kappa shape index (κ2) is 7.66. The van der Waals surface area contributed by atoms with Gasteiger partial charge in [0.1, 0.15) is 5.56 Å². The van der Waals surface area contributed by atoms with Crippen LogP contribution in [0.4, 0.5) is 5.69 Å². The SMILES string of the molecule is O=C(NC(=S)NCc1ccccc1Cl)c1ccccc1[N+](=O)[O-]. The Morgan fingerprint density at radius 2 is 1.83 bits per heavy atom. The van der Waals surface area contributed by atoms with Gasteiger partial charge in [-0.05, 0) is 29.9 Å². The highest BCUT2D eigenvalue weighted by Gasteiger charge is 2.19. The van der Waals surface area contributed by atoms with Crippen molar-refractivity contribution in [1.82, 2.24) is 10.6 Å². The van der Waals surface area contributed by atoms with Crippen LogP contribution < -0.4 is 10.6 Å². The zero-order chi connectivity index (χ0) is 16.8. The van der Waals surface area contributed by atoms with Crippen LogP contribution in [0.2, 0.25) is 5.02 Å². The van der Waals surface area contributed by atoms with Crippen molar-refractivity contribution >= 4 is 40.5 Å². The molecule has 2 aromatic carbocycles. The molecular formula is C15H12ClN3O3S. The van der Waals surface area contributed by atoms with E-state index in [9.17, 15) is 14.9 Å². The molecule has 2 aromatic rings. The number of nitrogens with zero attached hydrogens (tertiary/aromatic N) is 1. The zero-order valence-corrected chi connectivity index (χ0v) is 13.4. The first-order valence-corrected chi connectivity index (χ1v) is 7.33. The molecule has 6 nitrogen and oxygen atoms in total. The fourth-order valence-electron chi connectivity index (χ4n) is 1.86. The minimum Gasteiger partial charge on any atom is -0.358 e. The number of carbonyl (C=O) groups excluding carboxylic acids is 1. The van der Waals surface area contributed by atoms with Gasteiger partial charge < -0.3 is 5.32 Å². The summed E-state index contributed by atoms with van der Waals surface area (Å²) in [6, 6.07) is 12.9. The Balaban J connectivity index is 1.99. The van der Waals surface area contributed by atoms with E-state index < -0.39 is 10.8 Å². The van der Waals surface area contributed by atoms with Crippen LogP contribution in [-0.4, -0.2) is 15.9 Å². The van der Waals surface area contributed by atoms with Gasteiger partial charge in [-0.3, -0.25) is 20.2 Å². The van der Waals surface area contributed by atoms with E-state index in [0.29, 0.717) is 11.6 Å². The highest BCUT2D eigenvalue weighted by atomic mass is 35.5. The molecule has 2 N–H and O–H groups in total. The van der Waals surface area contributed by atoms with Crippen molar-refractivity contribution in [2.75, 3.05) is 0 Å². The average molecular weight is 350 g/mol. The van der Waals surface area contributed by atoms with Gasteiger partial charge in [-0.2, -0.15) is 0 Å². The van der Waals surface area contributed by atoms with Crippen LogP contribution >= 0.6 is 23.8 Å². The van der Waals surface area contributed by atoms with Gasteiger partial charge in [0.2, 0.25) is 0 Å². The lowest BCUT2D eigenvalue weighted by molar-refractivity contribution is -0.385. The van der Waals surface area contributed by atoms with Crippen molar-refractivity contribution in [1.29, 1.82) is 0 Å². The van der Waals surface area contributed by atoms with Crippen molar-refractivity contribution in [3.05, 3.63) is 74.8 Å². The fourth-order valence-corrected chi connectivity index (χ4v) is 2.22. The summed E-state index contributed by atoms with van der Waals surface area (Å²) in [6.45, 7) is 0.329. The summed E-state index contributed by atoms with van der Waals surface area (Å²) in [5.74, 6) is -0.644. The first kappa shape index (κ1) is 16.9. The quantitative estimate of drug-likeness (QED) is 0.503. The van der Waals surface area contributed by atoms with Crippen LogP contribution in [0.1, 0.15) is 15.9 Å². The molecule has 0 atom stereocenters. The van der Waals surface area contributed by atoms with E-state index in [0.717, 1.165) is 5.56 Å². The summed E-state index contributed by atoms with van der Waals surface area (Å²) in [4.78, 5) is 22.4. The summed E-state index contributed by atoms with van der Waals surface area (Å²) in [7, 11) is 0. The second-order valence-electron chi connectivity index (χ2n) is 4.50. The molecule has 8 heteroatoms. The Kier molecular flexibility index (Phi) is 5.61. The fraction of sp³-hybridized carbons (Fsp3) is 0.0667. The standard InChI is InChI=1S/C15H12ClN3O3S/c16-12-7-3-1-5-10(12)9-17-15(23)18-14(20)11-6-2-4-8-13(11)19(21)22/h1-8H,9H2,(H2,17,18,20,23). The Morgan fingerprint density at radius 1 is 1.17 bits per heavy atom. The maximum atomic E-state index is 12.1. The number of amides is 1. The molecule has 0 unspecified atom stereocenters. The van der Waals surface area contributed by atoms with Gasteiger partial charge in [0.25, 0.3) is 11.6 Å². The third-order valence-electron chi connectivity index (χ3n) is 2.97. The van der Waals surface area contributed by atoms with Crippen LogP contribution in [-0.2, 0) is 6.54 Å². The number of para-hydroxylation sites is 1. The number of hydrogen-bond acceptors (Lipinski definition) is 4. The van der Waals surface area contributed by atoms with Gasteiger partial charge in [0.05, 0.1) is 4.92 Å². The van der Waals surface area contributed by atoms with Crippen molar-refractivity contribution in [2.24, 2.45) is 0 Å². The van der Waals surface area contributed by atoms with E-state index in [1.807, 2.05) is 12.1 Å². The number of nitro benzene ring substituents is 1. The number of thiocarbonyl (C=S) groups is 1. The molecular weight excluding hydrogens is 338 g/mol. The maximum Gasteiger partial charge on any atom is 0.282 e. The molecule has 0 aliphatic rings. The molecule has 0 aliphatic carbocycles. The van der Waals surface area contributed by atoms with Crippen molar-refractivity contribution in [3.8, 4) is 0 Å². The number of rotatable bonds is 4. The summed E-state index contributed by atoms with van der Waals surface area (Å²) >= 11 is 11.0. The number of halogens is 1. The lowest BCUT2D eigenvalue weighted by Gasteiger charge is -2.10. The van der Waals surface area contributed by atoms with Crippen molar-refractivity contribution < 1.29 is 9.72 Å². The van der Waals surface area contributed by atoms with Crippen molar-refractivity contribution in [3.63, 3.8) is 0 Å². The Hall–Kier alpha value is -2.51. The molecule has 0 aromatic heterocycles. The van der Waals surface area contributed by atoms with Gasteiger partial charge in [-0.25, -0.2) is 0 Å².